The maximum absolute atomic E-state index is 11.0. The molecule has 0 aliphatic carbocycles. The predicted molar refractivity (Wildman–Crippen MR) is 69.4 cm³/mol. The first-order valence-electron chi connectivity index (χ1n) is 6.17. The number of hydrogen-bond donors (Lipinski definition) is 2. The van der Waals surface area contributed by atoms with Crippen LogP contribution in [0.15, 0.2) is 0 Å². The number of aromatic amines is 1. The van der Waals surface area contributed by atoms with Crippen LogP contribution in [-0.2, 0) is 6.42 Å². The summed E-state index contributed by atoms with van der Waals surface area (Å²) in [4.78, 5) is 26.9. The molecule has 0 saturated carbocycles. The zero-order valence-corrected chi connectivity index (χ0v) is 11.1. The molecular weight excluding hydrogens is 232 g/mol. The SMILES string of the molecule is CCN(CC)CCc1c(C=O)[nH]c(C(=O)O)c1C. The van der Waals surface area contributed by atoms with Crippen molar-refractivity contribution in [3.05, 3.63) is 22.5 Å². The van der Waals surface area contributed by atoms with Gasteiger partial charge in [-0.05, 0) is 37.6 Å². The van der Waals surface area contributed by atoms with E-state index in [-0.39, 0.29) is 5.69 Å². The molecule has 0 atom stereocenters. The molecule has 0 aliphatic rings. The second-order valence-corrected chi connectivity index (χ2v) is 4.22. The van der Waals surface area contributed by atoms with Crippen LogP contribution in [0.3, 0.4) is 0 Å². The summed E-state index contributed by atoms with van der Waals surface area (Å²) in [6, 6.07) is 0. The van der Waals surface area contributed by atoms with Crippen LogP contribution in [0.4, 0.5) is 0 Å². The van der Waals surface area contributed by atoms with Gasteiger partial charge in [-0.15, -0.1) is 0 Å². The summed E-state index contributed by atoms with van der Waals surface area (Å²) in [5, 5.41) is 9.01. The molecule has 0 aliphatic heterocycles. The average molecular weight is 252 g/mol. The zero-order chi connectivity index (χ0) is 13.7. The van der Waals surface area contributed by atoms with Gasteiger partial charge in [0.25, 0.3) is 0 Å². The molecule has 0 spiro atoms. The number of carbonyl (C=O) groups is 2. The summed E-state index contributed by atoms with van der Waals surface area (Å²) in [7, 11) is 0. The van der Waals surface area contributed by atoms with Gasteiger partial charge in [-0.1, -0.05) is 13.8 Å². The van der Waals surface area contributed by atoms with Crippen LogP contribution in [-0.4, -0.2) is 46.9 Å². The van der Waals surface area contributed by atoms with Crippen LogP contribution in [0.1, 0.15) is 46.0 Å². The molecule has 0 radical (unpaired) electrons. The Kier molecular flexibility index (Phi) is 5.09. The Bertz CT molecular complexity index is 434. The lowest BCUT2D eigenvalue weighted by atomic mass is 10.1. The number of H-pyrrole nitrogens is 1. The maximum atomic E-state index is 11.0. The number of hydrogen-bond acceptors (Lipinski definition) is 3. The largest absolute Gasteiger partial charge is 0.477 e. The molecular formula is C13H20N2O3. The van der Waals surface area contributed by atoms with Crippen molar-refractivity contribution in [1.29, 1.82) is 0 Å². The minimum absolute atomic E-state index is 0.117. The molecule has 2 N–H and O–H groups in total. The molecule has 0 unspecified atom stereocenters. The highest BCUT2D eigenvalue weighted by Crippen LogP contribution is 2.18. The van der Waals surface area contributed by atoms with E-state index in [2.05, 4.69) is 23.7 Å². The fourth-order valence-corrected chi connectivity index (χ4v) is 2.10. The summed E-state index contributed by atoms with van der Waals surface area (Å²) in [6.45, 7) is 8.62. The molecule has 1 aromatic heterocycles. The van der Waals surface area contributed by atoms with Crippen molar-refractivity contribution in [2.45, 2.75) is 27.2 Å². The van der Waals surface area contributed by atoms with E-state index < -0.39 is 5.97 Å². The van der Waals surface area contributed by atoms with Crippen LogP contribution in [0, 0.1) is 6.92 Å². The molecule has 18 heavy (non-hydrogen) atoms. The third kappa shape index (κ3) is 2.98. The predicted octanol–water partition coefficient (Wildman–Crippen LogP) is 1.72. The zero-order valence-electron chi connectivity index (χ0n) is 11.1. The highest BCUT2D eigenvalue weighted by molar-refractivity contribution is 5.90. The van der Waals surface area contributed by atoms with Crippen molar-refractivity contribution in [3.8, 4) is 0 Å². The average Bonchev–Trinajstić information content (AvgIpc) is 2.68. The second-order valence-electron chi connectivity index (χ2n) is 4.22. The van der Waals surface area contributed by atoms with E-state index >= 15 is 0 Å². The summed E-state index contributed by atoms with van der Waals surface area (Å²) in [5.74, 6) is -1.02. The number of carboxylic acid groups (broad SMARTS) is 1. The number of likely N-dealkylation sites (N-methyl/N-ethyl adjacent to an activating group) is 1. The van der Waals surface area contributed by atoms with E-state index in [0.29, 0.717) is 24.0 Å². The molecule has 0 saturated heterocycles. The maximum Gasteiger partial charge on any atom is 0.352 e. The van der Waals surface area contributed by atoms with E-state index in [1.807, 2.05) is 0 Å². The smallest absolute Gasteiger partial charge is 0.352 e. The number of carbonyl (C=O) groups excluding carboxylic acids is 1. The van der Waals surface area contributed by atoms with Crippen LogP contribution in [0.25, 0.3) is 0 Å². The Labute approximate surface area is 107 Å². The number of nitrogens with zero attached hydrogens (tertiary/aromatic N) is 1. The van der Waals surface area contributed by atoms with Crippen molar-refractivity contribution in [2.24, 2.45) is 0 Å². The summed E-state index contributed by atoms with van der Waals surface area (Å²) >= 11 is 0. The van der Waals surface area contributed by atoms with Gasteiger partial charge in [0.05, 0.1) is 5.69 Å². The number of rotatable bonds is 7. The highest BCUT2D eigenvalue weighted by Gasteiger charge is 2.18. The Balaban J connectivity index is 2.93. The lowest BCUT2D eigenvalue weighted by Gasteiger charge is -2.17. The molecule has 5 nitrogen and oxygen atoms in total. The third-order valence-electron chi connectivity index (χ3n) is 3.32. The second kappa shape index (κ2) is 6.35. The molecule has 0 fully saturated rings. The van der Waals surface area contributed by atoms with Gasteiger partial charge in [-0.25, -0.2) is 4.79 Å². The number of aromatic nitrogens is 1. The van der Waals surface area contributed by atoms with Crippen LogP contribution in [0.2, 0.25) is 0 Å². The van der Waals surface area contributed by atoms with Gasteiger partial charge < -0.3 is 15.0 Å². The lowest BCUT2D eigenvalue weighted by Crippen LogP contribution is -2.25. The molecule has 0 bridgehead atoms. The monoisotopic (exact) mass is 252 g/mol. The molecule has 1 rings (SSSR count). The number of nitrogens with one attached hydrogen (secondary N) is 1. The Morgan fingerprint density at radius 2 is 2.00 bits per heavy atom. The van der Waals surface area contributed by atoms with Crippen molar-refractivity contribution < 1.29 is 14.7 Å². The van der Waals surface area contributed by atoms with Gasteiger partial charge >= 0.3 is 5.97 Å². The summed E-state index contributed by atoms with van der Waals surface area (Å²) < 4.78 is 0. The minimum Gasteiger partial charge on any atom is -0.477 e. The fourth-order valence-electron chi connectivity index (χ4n) is 2.10. The Hall–Kier alpha value is -1.62. The minimum atomic E-state index is -1.02. The normalized spacial score (nSPS) is 10.9. The molecule has 0 amide bonds. The number of aromatic carboxylic acids is 1. The van der Waals surface area contributed by atoms with Gasteiger partial charge in [-0.2, -0.15) is 0 Å². The lowest BCUT2D eigenvalue weighted by molar-refractivity contribution is 0.0690. The third-order valence-corrected chi connectivity index (χ3v) is 3.32. The standard InChI is InChI=1S/C13H20N2O3/c1-4-15(5-2)7-6-10-9(3)12(13(17)18)14-11(10)8-16/h8,14H,4-7H2,1-3H3,(H,17,18). The first-order valence-corrected chi connectivity index (χ1v) is 6.17. The Morgan fingerprint density at radius 1 is 1.39 bits per heavy atom. The molecule has 1 aromatic rings. The highest BCUT2D eigenvalue weighted by atomic mass is 16.4. The van der Waals surface area contributed by atoms with Crippen molar-refractivity contribution in [3.63, 3.8) is 0 Å². The van der Waals surface area contributed by atoms with Crippen molar-refractivity contribution >= 4 is 12.3 Å². The fraction of sp³-hybridized carbons (Fsp3) is 0.538. The van der Waals surface area contributed by atoms with Gasteiger partial charge in [0, 0.05) is 6.54 Å². The number of carboxylic acids is 1. The molecule has 100 valence electrons. The Morgan fingerprint density at radius 3 is 2.44 bits per heavy atom. The quantitative estimate of drug-likeness (QED) is 0.725. The summed E-state index contributed by atoms with van der Waals surface area (Å²) in [6.07, 6.45) is 1.38. The van der Waals surface area contributed by atoms with E-state index in [9.17, 15) is 9.59 Å². The first kappa shape index (κ1) is 14.4. The van der Waals surface area contributed by atoms with Gasteiger partial charge in [0.2, 0.25) is 0 Å². The van der Waals surface area contributed by atoms with Gasteiger partial charge in [0.15, 0.2) is 6.29 Å². The van der Waals surface area contributed by atoms with Crippen LogP contribution >= 0.6 is 0 Å². The van der Waals surface area contributed by atoms with E-state index in [0.717, 1.165) is 25.2 Å². The van der Waals surface area contributed by atoms with Crippen molar-refractivity contribution in [2.75, 3.05) is 19.6 Å². The molecule has 0 aromatic carbocycles. The van der Waals surface area contributed by atoms with E-state index in [1.54, 1.807) is 6.92 Å². The van der Waals surface area contributed by atoms with E-state index in [1.165, 1.54) is 0 Å². The molecule has 5 heteroatoms. The van der Waals surface area contributed by atoms with Crippen LogP contribution < -0.4 is 0 Å². The first-order chi connectivity index (χ1) is 8.54. The van der Waals surface area contributed by atoms with Crippen molar-refractivity contribution in [1.82, 2.24) is 9.88 Å². The summed E-state index contributed by atoms with van der Waals surface area (Å²) in [5.41, 5.74) is 1.98. The molecule has 1 heterocycles. The topological polar surface area (TPSA) is 73.4 Å². The number of aldehydes is 1. The van der Waals surface area contributed by atoms with Crippen LogP contribution in [0.5, 0.6) is 0 Å². The van der Waals surface area contributed by atoms with Gasteiger partial charge in [-0.3, -0.25) is 4.79 Å². The van der Waals surface area contributed by atoms with Gasteiger partial charge in [0.1, 0.15) is 5.69 Å². The van der Waals surface area contributed by atoms with E-state index in [4.69, 9.17) is 5.11 Å².